The Bertz CT molecular complexity index is 861. The van der Waals surface area contributed by atoms with Gasteiger partial charge in [-0.3, -0.25) is 9.78 Å². The van der Waals surface area contributed by atoms with Gasteiger partial charge in [-0.1, -0.05) is 16.8 Å². The van der Waals surface area contributed by atoms with E-state index < -0.39 is 18.5 Å². The van der Waals surface area contributed by atoms with Crippen molar-refractivity contribution in [1.29, 1.82) is 0 Å². The fourth-order valence-corrected chi connectivity index (χ4v) is 3.47. The van der Waals surface area contributed by atoms with Crippen molar-refractivity contribution in [3.8, 4) is 5.69 Å². The Morgan fingerprint density at radius 2 is 2.17 bits per heavy atom. The molecule has 30 heavy (non-hydrogen) atoms. The molecule has 0 saturated carbocycles. The van der Waals surface area contributed by atoms with Crippen LogP contribution in [0.2, 0.25) is 5.15 Å². The number of pyridine rings is 1. The second-order valence-electron chi connectivity index (χ2n) is 5.88. The summed E-state index contributed by atoms with van der Waals surface area (Å²) < 4.78 is 38.6. The smallest absolute Gasteiger partial charge is 0.389 e. The van der Waals surface area contributed by atoms with E-state index in [-0.39, 0.29) is 35.5 Å². The maximum absolute atomic E-state index is 13.0. The number of alkyl halides is 3. The van der Waals surface area contributed by atoms with E-state index in [0.717, 1.165) is 11.8 Å². The summed E-state index contributed by atoms with van der Waals surface area (Å²) in [5.41, 5.74) is 0.994. The minimum absolute atomic E-state index is 0.00364. The van der Waals surface area contributed by atoms with Gasteiger partial charge >= 0.3 is 6.18 Å². The number of halogens is 4. The molecule has 0 fully saturated rings. The fourth-order valence-electron chi connectivity index (χ4n) is 2.35. The molecule has 12 heteroatoms. The first-order valence-corrected chi connectivity index (χ1v) is 10.6. The Hall–Kier alpha value is -2.27. The third kappa shape index (κ3) is 6.91. The molecule has 0 aliphatic heterocycles. The number of rotatable bonds is 10. The average Bonchev–Trinajstić information content (AvgIpc) is 3.09. The molecule has 2 aromatic heterocycles. The molecule has 2 heterocycles. The number of nitrogens with zero attached hydrogens (tertiary/aromatic N) is 5. The molecule has 0 aliphatic rings. The molecule has 0 aromatic carbocycles. The molecule has 2 rings (SSSR count). The van der Waals surface area contributed by atoms with Crippen LogP contribution in [0.1, 0.15) is 20.3 Å². The van der Waals surface area contributed by atoms with Crippen LogP contribution >= 0.6 is 23.4 Å². The van der Waals surface area contributed by atoms with Gasteiger partial charge in [0.1, 0.15) is 12.3 Å². The molecule has 0 aliphatic carbocycles. The molecule has 0 radical (unpaired) electrons. The van der Waals surface area contributed by atoms with Crippen LogP contribution in [0.4, 0.5) is 18.9 Å². The van der Waals surface area contributed by atoms with E-state index in [0.29, 0.717) is 11.4 Å². The van der Waals surface area contributed by atoms with E-state index in [9.17, 15) is 18.0 Å². The minimum Gasteiger partial charge on any atom is -0.396 e. The topological polar surface area (TPSA) is 72.6 Å². The van der Waals surface area contributed by atoms with Crippen molar-refractivity contribution >= 4 is 40.7 Å². The first-order valence-electron chi connectivity index (χ1n) is 9.07. The highest BCUT2D eigenvalue weighted by Crippen LogP contribution is 2.27. The normalized spacial score (nSPS) is 12.1. The third-order valence-electron chi connectivity index (χ3n) is 3.73. The van der Waals surface area contributed by atoms with Crippen molar-refractivity contribution in [2.75, 3.05) is 29.6 Å². The van der Waals surface area contributed by atoms with Gasteiger partial charge in [-0.15, -0.1) is 0 Å². The molecule has 0 bridgehead atoms. The lowest BCUT2D eigenvalue weighted by molar-refractivity contribution is -0.129. The number of carbonyl (C=O) groups excluding carboxylic acids is 1. The van der Waals surface area contributed by atoms with Crippen molar-refractivity contribution in [2.24, 2.45) is 5.16 Å². The number of amides is 1. The zero-order valence-electron chi connectivity index (χ0n) is 16.4. The molecule has 0 atom stereocenters. The quantitative estimate of drug-likeness (QED) is 0.297. The summed E-state index contributed by atoms with van der Waals surface area (Å²) in [6.45, 7) is 3.89. The average molecular weight is 464 g/mol. The number of aromatic nitrogens is 3. The highest BCUT2D eigenvalue weighted by Gasteiger charge is 2.28. The number of thioether (sulfide) groups is 1. The Kier molecular flexibility index (Phi) is 8.97. The molecule has 164 valence electrons. The highest BCUT2D eigenvalue weighted by molar-refractivity contribution is 8.00. The second-order valence-corrected chi connectivity index (χ2v) is 7.35. The van der Waals surface area contributed by atoms with Crippen molar-refractivity contribution in [2.45, 2.75) is 26.4 Å². The standard InChI is InChI=1S/C18H21ClF3N5O2S/c1-3-26(15-11-27(24-16(15)19)13-6-5-8-23-10-13)17(28)14(25-29-4-2)12-30-9-7-18(20,21)22/h5-6,8,10-11H,3-4,7,9,12H2,1-2H3/b25-14+. The van der Waals surface area contributed by atoms with Gasteiger partial charge < -0.3 is 9.74 Å². The summed E-state index contributed by atoms with van der Waals surface area (Å²) in [7, 11) is 0. The minimum atomic E-state index is -4.25. The van der Waals surface area contributed by atoms with Gasteiger partial charge in [0.15, 0.2) is 10.9 Å². The van der Waals surface area contributed by atoms with Gasteiger partial charge in [0.2, 0.25) is 0 Å². The first-order chi connectivity index (χ1) is 14.3. The van der Waals surface area contributed by atoms with Gasteiger partial charge in [0, 0.05) is 24.2 Å². The zero-order chi connectivity index (χ0) is 22.1. The van der Waals surface area contributed by atoms with Crippen molar-refractivity contribution in [1.82, 2.24) is 14.8 Å². The molecule has 0 spiro atoms. The molecular formula is C18H21ClF3N5O2S. The predicted molar refractivity (Wildman–Crippen MR) is 111 cm³/mol. The van der Waals surface area contributed by atoms with Crippen LogP contribution in [-0.2, 0) is 9.63 Å². The summed E-state index contributed by atoms with van der Waals surface area (Å²) in [6, 6.07) is 3.51. The lowest BCUT2D eigenvalue weighted by Crippen LogP contribution is -2.38. The van der Waals surface area contributed by atoms with Gasteiger partial charge in [0.05, 0.1) is 24.5 Å². The number of oxime groups is 1. The van der Waals surface area contributed by atoms with Gasteiger partial charge in [-0.05, 0) is 26.0 Å². The Balaban J connectivity index is 2.19. The summed E-state index contributed by atoms with van der Waals surface area (Å²) in [6.07, 6.45) is -0.419. The third-order valence-corrected chi connectivity index (χ3v) is 4.97. The Labute approximate surface area is 181 Å². The molecule has 2 aromatic rings. The lowest BCUT2D eigenvalue weighted by atomic mass is 10.3. The number of hydrogen-bond donors (Lipinski definition) is 0. The van der Waals surface area contributed by atoms with E-state index in [1.807, 2.05) is 0 Å². The summed E-state index contributed by atoms with van der Waals surface area (Å²) in [5.74, 6) is -0.730. The van der Waals surface area contributed by atoms with Crippen LogP contribution in [0.25, 0.3) is 5.69 Å². The molecule has 1 amide bonds. The SMILES string of the molecule is CCO/N=C(\CSCCC(F)(F)F)C(=O)N(CC)c1cn(-c2cccnc2)nc1Cl. The van der Waals surface area contributed by atoms with E-state index in [1.165, 1.54) is 9.58 Å². The van der Waals surface area contributed by atoms with Crippen LogP contribution < -0.4 is 4.90 Å². The summed E-state index contributed by atoms with van der Waals surface area (Å²) >= 11 is 7.21. The summed E-state index contributed by atoms with van der Waals surface area (Å²) in [4.78, 5) is 23.4. The number of hydrogen-bond acceptors (Lipinski definition) is 6. The van der Waals surface area contributed by atoms with Crippen LogP contribution in [0.5, 0.6) is 0 Å². The molecular weight excluding hydrogens is 443 g/mol. The van der Waals surface area contributed by atoms with Crippen molar-refractivity contribution in [3.05, 3.63) is 35.9 Å². The maximum atomic E-state index is 13.0. The summed E-state index contributed by atoms with van der Waals surface area (Å²) in [5, 5.41) is 8.10. The van der Waals surface area contributed by atoms with Crippen molar-refractivity contribution in [3.63, 3.8) is 0 Å². The Morgan fingerprint density at radius 1 is 1.40 bits per heavy atom. The van der Waals surface area contributed by atoms with Crippen LogP contribution in [0.3, 0.4) is 0 Å². The van der Waals surface area contributed by atoms with Crippen LogP contribution in [-0.4, -0.2) is 57.2 Å². The largest absolute Gasteiger partial charge is 0.396 e. The van der Waals surface area contributed by atoms with Crippen LogP contribution in [0, 0.1) is 0 Å². The van der Waals surface area contributed by atoms with E-state index in [2.05, 4.69) is 15.2 Å². The Morgan fingerprint density at radius 3 is 2.77 bits per heavy atom. The molecule has 0 unspecified atom stereocenters. The van der Waals surface area contributed by atoms with E-state index >= 15 is 0 Å². The maximum Gasteiger partial charge on any atom is 0.389 e. The monoisotopic (exact) mass is 463 g/mol. The fraction of sp³-hybridized carbons (Fsp3) is 0.444. The molecule has 7 nitrogen and oxygen atoms in total. The lowest BCUT2D eigenvalue weighted by Gasteiger charge is -2.20. The van der Waals surface area contributed by atoms with Gasteiger partial charge in [-0.25, -0.2) is 4.68 Å². The number of anilines is 1. The second kappa shape index (κ2) is 11.2. The number of carbonyl (C=O) groups is 1. The molecule has 0 saturated heterocycles. The van der Waals surface area contributed by atoms with Gasteiger partial charge in [-0.2, -0.15) is 30.0 Å². The zero-order valence-corrected chi connectivity index (χ0v) is 18.0. The molecule has 0 N–H and O–H groups in total. The first kappa shape index (κ1) is 24.0. The van der Waals surface area contributed by atoms with E-state index in [1.54, 1.807) is 44.6 Å². The van der Waals surface area contributed by atoms with Crippen molar-refractivity contribution < 1.29 is 22.8 Å². The highest BCUT2D eigenvalue weighted by atomic mass is 35.5. The van der Waals surface area contributed by atoms with Gasteiger partial charge in [0.25, 0.3) is 5.91 Å². The predicted octanol–water partition coefficient (Wildman–Crippen LogP) is 4.35. The van der Waals surface area contributed by atoms with Crippen LogP contribution in [0.15, 0.2) is 35.9 Å². The van der Waals surface area contributed by atoms with E-state index in [4.69, 9.17) is 16.4 Å².